The lowest BCUT2D eigenvalue weighted by molar-refractivity contribution is 0.291. The van der Waals surface area contributed by atoms with E-state index >= 15 is 0 Å². The van der Waals surface area contributed by atoms with Gasteiger partial charge < -0.3 is 15.5 Å². The van der Waals surface area contributed by atoms with Crippen molar-refractivity contribution in [3.63, 3.8) is 0 Å². The molecule has 27 heavy (non-hydrogen) atoms. The first-order valence-corrected chi connectivity index (χ1v) is 9.83. The summed E-state index contributed by atoms with van der Waals surface area (Å²) in [6.45, 7) is 10.2. The fourth-order valence-corrected chi connectivity index (χ4v) is 3.93. The quantitative estimate of drug-likeness (QED) is 0.866. The monoisotopic (exact) mass is 367 g/mol. The minimum Gasteiger partial charge on any atom is -0.333 e. The van der Waals surface area contributed by atoms with Gasteiger partial charge in [-0.2, -0.15) is 0 Å². The molecular weight excluding hydrogens is 338 g/mol. The Kier molecular flexibility index (Phi) is 4.55. The van der Waals surface area contributed by atoms with Crippen molar-refractivity contribution in [3.8, 4) is 0 Å². The van der Waals surface area contributed by atoms with Gasteiger partial charge in [0.1, 0.15) is 24.0 Å². The summed E-state index contributed by atoms with van der Waals surface area (Å²) in [4.78, 5) is 14.0. The highest BCUT2D eigenvalue weighted by molar-refractivity contribution is 5.82. The number of hydrogen-bond donors (Lipinski definition) is 1. The van der Waals surface area contributed by atoms with E-state index in [-0.39, 0.29) is 6.04 Å². The maximum Gasteiger partial charge on any atom is 0.138 e. The molecule has 1 atom stereocenters. The third kappa shape index (κ3) is 2.96. The highest BCUT2D eigenvalue weighted by Gasteiger charge is 2.36. The number of aliphatic imine (C=N–C) groups is 1. The van der Waals surface area contributed by atoms with Gasteiger partial charge in [0.15, 0.2) is 0 Å². The first-order chi connectivity index (χ1) is 13.0. The van der Waals surface area contributed by atoms with Crippen LogP contribution in [0.4, 0.5) is 0 Å². The van der Waals surface area contributed by atoms with Gasteiger partial charge in [-0.3, -0.25) is 10.0 Å². The van der Waals surface area contributed by atoms with Crippen molar-refractivity contribution in [2.75, 3.05) is 18.2 Å². The number of fused-ring (bicyclic) bond motifs is 2. The van der Waals surface area contributed by atoms with Gasteiger partial charge in [0, 0.05) is 31.6 Å². The maximum absolute atomic E-state index is 6.45. The number of imidazole rings is 1. The Morgan fingerprint density at radius 2 is 2.00 bits per heavy atom. The smallest absolute Gasteiger partial charge is 0.138 e. The van der Waals surface area contributed by atoms with Crippen molar-refractivity contribution in [2.45, 2.75) is 53.0 Å². The molecule has 0 spiro atoms. The normalized spacial score (nSPS) is 21.5. The van der Waals surface area contributed by atoms with E-state index in [4.69, 9.17) is 15.7 Å². The van der Waals surface area contributed by atoms with Crippen LogP contribution in [0.5, 0.6) is 0 Å². The molecule has 7 heteroatoms. The Bertz CT molecular complexity index is 858. The van der Waals surface area contributed by atoms with Crippen molar-refractivity contribution >= 4 is 6.21 Å². The lowest BCUT2D eigenvalue weighted by Crippen LogP contribution is -2.44. The topological polar surface area (TPSA) is 65.9 Å². The Labute approximate surface area is 161 Å². The Morgan fingerprint density at radius 1 is 1.19 bits per heavy atom. The predicted molar refractivity (Wildman–Crippen MR) is 108 cm³/mol. The van der Waals surface area contributed by atoms with Crippen molar-refractivity contribution < 1.29 is 0 Å². The van der Waals surface area contributed by atoms with E-state index in [1.54, 1.807) is 0 Å². The molecule has 2 N–H and O–H groups in total. The van der Waals surface area contributed by atoms with E-state index in [2.05, 4.69) is 58.9 Å². The van der Waals surface area contributed by atoms with Gasteiger partial charge in [-0.15, -0.1) is 0 Å². The van der Waals surface area contributed by atoms with Crippen molar-refractivity contribution in [3.05, 3.63) is 52.9 Å². The molecule has 0 saturated heterocycles. The molecule has 4 heterocycles. The van der Waals surface area contributed by atoms with Crippen LogP contribution < -0.4 is 10.7 Å². The third-order valence-electron chi connectivity index (χ3n) is 5.21. The molecule has 7 nitrogen and oxygen atoms in total. The zero-order valence-electron chi connectivity index (χ0n) is 16.7. The van der Waals surface area contributed by atoms with E-state index in [1.165, 1.54) is 0 Å². The minimum absolute atomic E-state index is 0.147. The van der Waals surface area contributed by atoms with E-state index in [1.807, 2.05) is 13.1 Å². The molecule has 0 aromatic carbocycles. The lowest BCUT2D eigenvalue weighted by atomic mass is 10.0. The Balaban J connectivity index is 1.68. The summed E-state index contributed by atoms with van der Waals surface area (Å²) in [6.07, 6.45) is 11.5. The number of nitrogens with zero attached hydrogens (tertiary/aromatic N) is 6. The van der Waals surface area contributed by atoms with Gasteiger partial charge in [-0.05, 0) is 32.3 Å². The number of aryl methyl sites for hydroxylation is 2. The van der Waals surface area contributed by atoms with Gasteiger partial charge in [-0.1, -0.05) is 13.8 Å². The summed E-state index contributed by atoms with van der Waals surface area (Å²) >= 11 is 0. The molecule has 1 aromatic heterocycles. The Hall–Kier alpha value is -2.54. The van der Waals surface area contributed by atoms with Gasteiger partial charge in [-0.25, -0.2) is 9.66 Å². The SMILES string of the molecule is CCCc1nc(C)cn1N1C=C2C=NC3=C(N(CCC)C=C(C)C3N)N2C1. The van der Waals surface area contributed by atoms with Crippen LogP contribution in [0.3, 0.4) is 0 Å². The van der Waals surface area contributed by atoms with Crippen molar-refractivity contribution in [2.24, 2.45) is 10.7 Å². The number of aromatic nitrogens is 2. The van der Waals surface area contributed by atoms with E-state index in [0.717, 1.165) is 66.8 Å². The molecule has 0 fully saturated rings. The fraction of sp³-hybridized carbons (Fsp3) is 0.500. The average molecular weight is 368 g/mol. The summed E-state index contributed by atoms with van der Waals surface area (Å²) < 4.78 is 2.17. The standard InChI is InChI=1S/C20H29N7/c1-5-7-17-23-15(4)11-27(17)25-12-16-9-22-19-18(21)14(3)10-24(8-6-2)20(19)26(16)13-25/h9-12,18H,5-8,13,21H2,1-4H3. The molecule has 144 valence electrons. The highest BCUT2D eigenvalue weighted by Crippen LogP contribution is 2.34. The van der Waals surface area contributed by atoms with Crippen LogP contribution >= 0.6 is 0 Å². The summed E-state index contributed by atoms with van der Waals surface area (Å²) in [5.74, 6) is 2.21. The van der Waals surface area contributed by atoms with Crippen LogP contribution in [0.1, 0.15) is 45.1 Å². The van der Waals surface area contributed by atoms with Gasteiger partial charge in [0.05, 0.1) is 23.6 Å². The first-order valence-electron chi connectivity index (χ1n) is 9.83. The number of allylic oxidation sites excluding steroid dienone is 1. The highest BCUT2D eigenvalue weighted by atomic mass is 15.6. The second kappa shape index (κ2) is 6.88. The molecule has 1 aromatic rings. The maximum atomic E-state index is 6.45. The van der Waals surface area contributed by atoms with Crippen LogP contribution in [0.25, 0.3) is 0 Å². The van der Waals surface area contributed by atoms with Crippen LogP contribution in [0.15, 0.2) is 46.4 Å². The largest absolute Gasteiger partial charge is 0.333 e. The second-order valence-corrected chi connectivity index (χ2v) is 7.47. The van der Waals surface area contributed by atoms with Crippen LogP contribution in [0, 0.1) is 6.92 Å². The summed E-state index contributed by atoms with van der Waals surface area (Å²) in [5, 5.41) is 2.21. The first kappa shape index (κ1) is 17.9. The number of nitrogens with two attached hydrogens (primary N) is 1. The predicted octanol–water partition coefficient (Wildman–Crippen LogP) is 2.41. The zero-order valence-corrected chi connectivity index (χ0v) is 16.7. The van der Waals surface area contributed by atoms with Crippen LogP contribution in [-0.4, -0.2) is 44.9 Å². The minimum atomic E-state index is -0.147. The molecule has 4 rings (SSSR count). The molecule has 3 aliphatic rings. The zero-order chi connectivity index (χ0) is 19.1. The summed E-state index contributed by atoms with van der Waals surface area (Å²) in [7, 11) is 0. The summed E-state index contributed by atoms with van der Waals surface area (Å²) in [5.41, 5.74) is 10.7. The van der Waals surface area contributed by atoms with Crippen LogP contribution in [-0.2, 0) is 6.42 Å². The summed E-state index contributed by atoms with van der Waals surface area (Å²) in [6, 6.07) is -0.147. The molecule has 0 bridgehead atoms. The van der Waals surface area contributed by atoms with E-state index < -0.39 is 0 Å². The lowest BCUT2D eigenvalue weighted by Gasteiger charge is -2.40. The van der Waals surface area contributed by atoms with Gasteiger partial charge in [0.25, 0.3) is 0 Å². The van der Waals surface area contributed by atoms with Gasteiger partial charge >= 0.3 is 0 Å². The molecule has 3 aliphatic heterocycles. The van der Waals surface area contributed by atoms with Crippen molar-refractivity contribution in [1.29, 1.82) is 0 Å². The molecular formula is C20H29N7. The molecule has 0 aliphatic carbocycles. The molecule has 0 saturated carbocycles. The third-order valence-corrected chi connectivity index (χ3v) is 5.21. The van der Waals surface area contributed by atoms with Crippen LogP contribution in [0.2, 0.25) is 0 Å². The fourth-order valence-electron chi connectivity index (χ4n) is 3.93. The van der Waals surface area contributed by atoms with Gasteiger partial charge in [0.2, 0.25) is 0 Å². The van der Waals surface area contributed by atoms with E-state index in [9.17, 15) is 0 Å². The van der Waals surface area contributed by atoms with Crippen molar-refractivity contribution in [1.82, 2.24) is 19.5 Å². The Morgan fingerprint density at radius 3 is 2.74 bits per heavy atom. The average Bonchev–Trinajstić information content (AvgIpc) is 3.22. The van der Waals surface area contributed by atoms with E-state index in [0.29, 0.717) is 0 Å². The molecule has 0 radical (unpaired) electrons. The number of hydrogen-bond acceptors (Lipinski definition) is 6. The molecule has 1 unspecified atom stereocenters. The second-order valence-electron chi connectivity index (χ2n) is 7.47. The molecule has 0 amide bonds. The number of rotatable bonds is 5.